The average molecular weight is 325 g/mol. The number of halogens is 2. The van der Waals surface area contributed by atoms with Crippen LogP contribution in [0.2, 0.25) is 10.0 Å². The van der Waals surface area contributed by atoms with Crippen molar-refractivity contribution in [3.8, 4) is 0 Å². The fourth-order valence-corrected chi connectivity index (χ4v) is 2.27. The van der Waals surface area contributed by atoms with Crippen molar-refractivity contribution >= 4 is 51.9 Å². The maximum absolute atomic E-state index is 5.91. The van der Waals surface area contributed by atoms with Gasteiger partial charge in [-0.15, -0.1) is 0 Å². The molecule has 1 aliphatic heterocycles. The number of hydrogen-bond donors (Lipinski definition) is 2. The first-order chi connectivity index (χ1) is 9.63. The van der Waals surface area contributed by atoms with Crippen molar-refractivity contribution in [3.63, 3.8) is 0 Å². The Labute approximate surface area is 131 Å². The first-order valence-corrected chi connectivity index (χ1v) is 6.98. The van der Waals surface area contributed by atoms with Crippen LogP contribution in [0.3, 0.4) is 0 Å². The van der Waals surface area contributed by atoms with E-state index in [1.165, 1.54) is 0 Å². The van der Waals surface area contributed by atoms with E-state index in [1.54, 1.807) is 10.2 Å². The van der Waals surface area contributed by atoms with Gasteiger partial charge >= 0.3 is 0 Å². The van der Waals surface area contributed by atoms with Crippen LogP contribution in [-0.2, 0) is 0 Å². The van der Waals surface area contributed by atoms with Crippen LogP contribution < -0.4 is 21.1 Å². The first kappa shape index (κ1) is 13.3. The van der Waals surface area contributed by atoms with Crippen molar-refractivity contribution in [1.29, 1.82) is 0 Å². The van der Waals surface area contributed by atoms with E-state index in [-0.39, 0.29) is 0 Å². The van der Waals surface area contributed by atoms with Crippen LogP contribution in [0.1, 0.15) is 0 Å². The van der Waals surface area contributed by atoms with E-state index in [0.717, 1.165) is 11.4 Å². The van der Waals surface area contributed by atoms with Gasteiger partial charge in [-0.05, 0) is 60.7 Å². The van der Waals surface area contributed by atoms with E-state index in [2.05, 4.69) is 10.9 Å². The molecule has 2 N–H and O–H groups in total. The average Bonchev–Trinajstić information content (AvgIpc) is 2.82. The molecule has 2 aromatic carbocycles. The molecule has 7 heteroatoms. The summed E-state index contributed by atoms with van der Waals surface area (Å²) in [7, 11) is 0. The largest absolute Gasteiger partial charge is 0.252 e. The highest BCUT2D eigenvalue weighted by Gasteiger charge is 2.25. The number of hydrogen-bond acceptors (Lipinski definition) is 3. The fraction of sp³-hybridized carbons (Fsp3) is 0. The van der Waals surface area contributed by atoms with Gasteiger partial charge in [-0.25, -0.2) is 0 Å². The van der Waals surface area contributed by atoms with Gasteiger partial charge in [0.2, 0.25) is 5.11 Å². The van der Waals surface area contributed by atoms with Gasteiger partial charge < -0.3 is 0 Å². The molecule has 4 nitrogen and oxygen atoms in total. The Bertz CT molecular complexity index is 574. The number of nitrogens with one attached hydrogen (secondary N) is 2. The van der Waals surface area contributed by atoms with Crippen molar-refractivity contribution in [3.05, 3.63) is 58.6 Å². The lowest BCUT2D eigenvalue weighted by atomic mass is 10.3. The Kier molecular flexibility index (Phi) is 3.56. The first-order valence-electron chi connectivity index (χ1n) is 5.82. The lowest BCUT2D eigenvalue weighted by Gasteiger charge is -2.28. The monoisotopic (exact) mass is 324 g/mol. The van der Waals surface area contributed by atoms with Gasteiger partial charge in [-0.2, -0.15) is 10.2 Å². The molecule has 1 heterocycles. The zero-order chi connectivity index (χ0) is 14.1. The number of rotatable bonds is 2. The SMILES string of the molecule is S=C1NN(c2ccc(Cl)cc2)N(c2ccc(Cl)cc2)N1. The summed E-state index contributed by atoms with van der Waals surface area (Å²) in [5.41, 5.74) is 7.91. The predicted octanol–water partition coefficient (Wildman–Crippen LogP) is 3.53. The summed E-state index contributed by atoms with van der Waals surface area (Å²) >= 11 is 17.0. The molecule has 0 atom stereocenters. The van der Waals surface area contributed by atoms with Crippen LogP contribution in [0.4, 0.5) is 11.4 Å². The zero-order valence-corrected chi connectivity index (χ0v) is 12.5. The number of anilines is 2. The normalized spacial score (nSPS) is 14.2. The molecule has 0 aromatic heterocycles. The van der Waals surface area contributed by atoms with Gasteiger partial charge in [0.05, 0.1) is 11.4 Å². The summed E-state index contributed by atoms with van der Waals surface area (Å²) in [5.74, 6) is 0. The Morgan fingerprint density at radius 2 is 1.05 bits per heavy atom. The molecule has 102 valence electrons. The minimum atomic E-state index is 0.509. The minimum absolute atomic E-state index is 0.509. The third kappa shape index (κ3) is 2.60. The Hall–Kier alpha value is -1.69. The summed E-state index contributed by atoms with van der Waals surface area (Å²) in [6.07, 6.45) is 0. The molecular weight excluding hydrogens is 315 g/mol. The number of hydrazine groups is 3. The molecule has 0 saturated carbocycles. The summed E-state index contributed by atoms with van der Waals surface area (Å²) in [5, 5.41) is 5.46. The van der Waals surface area contributed by atoms with E-state index in [4.69, 9.17) is 35.4 Å². The van der Waals surface area contributed by atoms with Gasteiger partial charge in [-0.1, -0.05) is 23.2 Å². The van der Waals surface area contributed by atoms with E-state index < -0.39 is 0 Å². The molecular formula is C13H10Cl2N4S. The van der Waals surface area contributed by atoms with Crippen LogP contribution in [0.15, 0.2) is 48.5 Å². The lowest BCUT2D eigenvalue weighted by Crippen LogP contribution is -2.45. The Morgan fingerprint density at radius 3 is 1.40 bits per heavy atom. The van der Waals surface area contributed by atoms with Gasteiger partial charge in [-0.3, -0.25) is 10.9 Å². The second-order valence-electron chi connectivity index (χ2n) is 4.13. The Morgan fingerprint density at radius 1 is 0.700 bits per heavy atom. The quantitative estimate of drug-likeness (QED) is 0.825. The summed E-state index contributed by atoms with van der Waals surface area (Å²) in [4.78, 5) is 0. The van der Waals surface area contributed by atoms with E-state index in [1.807, 2.05) is 48.5 Å². The maximum Gasteiger partial charge on any atom is 0.207 e. The molecule has 20 heavy (non-hydrogen) atoms. The maximum atomic E-state index is 5.91. The predicted molar refractivity (Wildman–Crippen MR) is 86.7 cm³/mol. The molecule has 1 saturated heterocycles. The molecule has 0 unspecified atom stereocenters. The molecule has 1 fully saturated rings. The van der Waals surface area contributed by atoms with Gasteiger partial charge in [0.25, 0.3) is 0 Å². The van der Waals surface area contributed by atoms with Gasteiger partial charge in [0.1, 0.15) is 0 Å². The standard InChI is InChI=1S/C13H10Cl2N4S/c14-9-1-5-11(6-2-9)18-16-13(20)17-19(18)12-7-3-10(15)4-8-12/h1-8H,(H2,16,17,20). The lowest BCUT2D eigenvalue weighted by molar-refractivity contribution is 0.751. The van der Waals surface area contributed by atoms with Gasteiger partial charge in [0, 0.05) is 10.0 Å². The molecule has 0 aliphatic carbocycles. The van der Waals surface area contributed by atoms with Crippen LogP contribution in [-0.4, -0.2) is 5.11 Å². The van der Waals surface area contributed by atoms with Crippen LogP contribution in [0, 0.1) is 0 Å². The van der Waals surface area contributed by atoms with Gasteiger partial charge in [0.15, 0.2) is 0 Å². The van der Waals surface area contributed by atoms with E-state index >= 15 is 0 Å². The van der Waals surface area contributed by atoms with Crippen molar-refractivity contribution in [2.45, 2.75) is 0 Å². The van der Waals surface area contributed by atoms with E-state index in [0.29, 0.717) is 15.2 Å². The smallest absolute Gasteiger partial charge is 0.207 e. The highest BCUT2D eigenvalue weighted by Crippen LogP contribution is 2.24. The highest BCUT2D eigenvalue weighted by atomic mass is 35.5. The van der Waals surface area contributed by atoms with Crippen LogP contribution in [0.5, 0.6) is 0 Å². The number of thiocarbonyl (C=S) groups is 1. The number of nitrogens with zero attached hydrogens (tertiary/aromatic N) is 2. The van der Waals surface area contributed by atoms with Crippen molar-refractivity contribution < 1.29 is 0 Å². The van der Waals surface area contributed by atoms with Crippen LogP contribution >= 0.6 is 35.4 Å². The molecule has 2 aromatic rings. The molecule has 0 spiro atoms. The van der Waals surface area contributed by atoms with Crippen molar-refractivity contribution in [2.75, 3.05) is 10.2 Å². The topological polar surface area (TPSA) is 30.5 Å². The zero-order valence-electron chi connectivity index (χ0n) is 10.2. The van der Waals surface area contributed by atoms with Crippen LogP contribution in [0.25, 0.3) is 0 Å². The molecule has 3 rings (SSSR count). The summed E-state index contributed by atoms with van der Waals surface area (Å²) < 4.78 is 0. The Balaban J connectivity index is 1.94. The molecule has 0 amide bonds. The third-order valence-corrected chi connectivity index (χ3v) is 3.44. The number of benzene rings is 2. The molecule has 0 bridgehead atoms. The van der Waals surface area contributed by atoms with E-state index in [9.17, 15) is 0 Å². The summed E-state index contributed by atoms with van der Waals surface area (Å²) in [6.45, 7) is 0. The highest BCUT2D eigenvalue weighted by molar-refractivity contribution is 7.80. The molecule has 1 aliphatic rings. The van der Waals surface area contributed by atoms with Crippen molar-refractivity contribution in [2.24, 2.45) is 0 Å². The minimum Gasteiger partial charge on any atom is -0.252 e. The summed E-state index contributed by atoms with van der Waals surface area (Å²) in [6, 6.07) is 14.9. The molecule has 0 radical (unpaired) electrons. The fourth-order valence-electron chi connectivity index (χ4n) is 1.84. The third-order valence-electron chi connectivity index (χ3n) is 2.76. The van der Waals surface area contributed by atoms with Crippen molar-refractivity contribution in [1.82, 2.24) is 10.9 Å². The second kappa shape index (κ2) is 5.36. The second-order valence-corrected chi connectivity index (χ2v) is 5.41.